The molecule has 2 rings (SSSR count). The molecule has 2 N–H and O–H groups in total. The molecular formula is C12H11NO5. The van der Waals surface area contributed by atoms with Crippen LogP contribution in [0, 0.1) is 0 Å². The van der Waals surface area contributed by atoms with Crippen molar-refractivity contribution >= 4 is 22.8 Å². The predicted octanol–water partition coefficient (Wildman–Crippen LogP) is 1.43. The van der Waals surface area contributed by atoms with Gasteiger partial charge in [0.2, 0.25) is 0 Å². The quantitative estimate of drug-likeness (QED) is 0.855. The summed E-state index contributed by atoms with van der Waals surface area (Å²) >= 11 is 0. The monoisotopic (exact) mass is 249 g/mol. The lowest BCUT2D eigenvalue weighted by molar-refractivity contribution is -0.137. The summed E-state index contributed by atoms with van der Waals surface area (Å²) in [6.45, 7) is -0.391. The van der Waals surface area contributed by atoms with Crippen molar-refractivity contribution in [3.63, 3.8) is 0 Å². The van der Waals surface area contributed by atoms with Crippen LogP contribution in [-0.4, -0.2) is 33.8 Å². The third-order valence-electron chi connectivity index (χ3n) is 2.62. The van der Waals surface area contributed by atoms with Gasteiger partial charge in [0, 0.05) is 10.9 Å². The third-order valence-corrected chi connectivity index (χ3v) is 2.62. The Bertz CT molecular complexity index is 629. The Labute approximate surface area is 102 Å². The zero-order valence-corrected chi connectivity index (χ0v) is 9.58. The fourth-order valence-corrected chi connectivity index (χ4v) is 1.86. The average molecular weight is 249 g/mol. The number of aromatic carboxylic acids is 1. The molecule has 0 saturated heterocycles. The standard InChI is InChI=1S/C12H11NO5/c1-18-8-2-3-9-7(4-8)5-10(12(16)17)13(9)6-11(14)15/h2-5H,6H2,1H3,(H,14,15)(H,16,17). The summed E-state index contributed by atoms with van der Waals surface area (Å²) in [7, 11) is 1.51. The fourth-order valence-electron chi connectivity index (χ4n) is 1.86. The molecular weight excluding hydrogens is 238 g/mol. The summed E-state index contributed by atoms with van der Waals surface area (Å²) in [5, 5.41) is 18.5. The minimum atomic E-state index is -1.16. The molecule has 0 aliphatic heterocycles. The number of carboxylic acids is 2. The number of aromatic nitrogens is 1. The molecule has 6 heteroatoms. The molecule has 2 aromatic rings. The van der Waals surface area contributed by atoms with Crippen LogP contribution in [0.1, 0.15) is 10.5 Å². The van der Waals surface area contributed by atoms with E-state index in [1.807, 2.05) is 0 Å². The van der Waals surface area contributed by atoms with E-state index >= 15 is 0 Å². The second kappa shape index (κ2) is 4.40. The van der Waals surface area contributed by atoms with Gasteiger partial charge in [0.15, 0.2) is 0 Å². The minimum absolute atomic E-state index is 0.0550. The second-order valence-corrected chi connectivity index (χ2v) is 3.74. The lowest BCUT2D eigenvalue weighted by atomic mass is 10.2. The number of hydrogen-bond donors (Lipinski definition) is 2. The zero-order valence-electron chi connectivity index (χ0n) is 9.58. The summed E-state index contributed by atoms with van der Waals surface area (Å²) in [6, 6.07) is 6.40. The molecule has 0 bridgehead atoms. The van der Waals surface area contributed by atoms with Crippen molar-refractivity contribution in [2.45, 2.75) is 6.54 Å². The Morgan fingerprint density at radius 1 is 1.28 bits per heavy atom. The van der Waals surface area contributed by atoms with Gasteiger partial charge in [0.05, 0.1) is 7.11 Å². The van der Waals surface area contributed by atoms with Gasteiger partial charge in [-0.3, -0.25) is 4.79 Å². The average Bonchev–Trinajstić information content (AvgIpc) is 2.66. The van der Waals surface area contributed by atoms with Crippen molar-refractivity contribution in [1.29, 1.82) is 0 Å². The van der Waals surface area contributed by atoms with Crippen LogP contribution in [0.3, 0.4) is 0 Å². The van der Waals surface area contributed by atoms with E-state index in [1.165, 1.54) is 17.7 Å². The summed E-state index contributed by atoms with van der Waals surface area (Å²) in [6.07, 6.45) is 0. The number of hydrogen-bond acceptors (Lipinski definition) is 3. The molecule has 18 heavy (non-hydrogen) atoms. The maximum atomic E-state index is 11.1. The van der Waals surface area contributed by atoms with Crippen molar-refractivity contribution in [3.8, 4) is 5.75 Å². The Morgan fingerprint density at radius 3 is 2.56 bits per heavy atom. The smallest absolute Gasteiger partial charge is 0.352 e. The number of carboxylic acid groups (broad SMARTS) is 2. The molecule has 0 amide bonds. The van der Waals surface area contributed by atoms with Crippen LogP contribution in [0.4, 0.5) is 0 Å². The number of rotatable bonds is 4. The highest BCUT2D eigenvalue weighted by Gasteiger charge is 2.16. The molecule has 0 saturated carbocycles. The number of aliphatic carboxylic acids is 1. The van der Waals surface area contributed by atoms with Crippen LogP contribution < -0.4 is 4.74 Å². The molecule has 0 spiro atoms. The molecule has 1 heterocycles. The van der Waals surface area contributed by atoms with Crippen LogP contribution in [0.15, 0.2) is 24.3 Å². The topological polar surface area (TPSA) is 88.8 Å². The zero-order chi connectivity index (χ0) is 13.3. The molecule has 0 unspecified atom stereocenters. The molecule has 0 aliphatic rings. The number of fused-ring (bicyclic) bond motifs is 1. The molecule has 0 fully saturated rings. The first-order valence-electron chi connectivity index (χ1n) is 5.15. The van der Waals surface area contributed by atoms with Gasteiger partial charge >= 0.3 is 11.9 Å². The lowest BCUT2D eigenvalue weighted by Crippen LogP contribution is -2.14. The van der Waals surface area contributed by atoms with E-state index < -0.39 is 18.5 Å². The van der Waals surface area contributed by atoms with Crippen LogP contribution in [-0.2, 0) is 11.3 Å². The normalized spacial score (nSPS) is 10.5. The van der Waals surface area contributed by atoms with Gasteiger partial charge in [-0.25, -0.2) is 4.79 Å². The number of methoxy groups -OCH3 is 1. The number of ether oxygens (including phenoxy) is 1. The predicted molar refractivity (Wildman–Crippen MR) is 63.1 cm³/mol. The van der Waals surface area contributed by atoms with Gasteiger partial charge in [-0.2, -0.15) is 0 Å². The van der Waals surface area contributed by atoms with Crippen molar-refractivity contribution in [2.24, 2.45) is 0 Å². The fraction of sp³-hybridized carbons (Fsp3) is 0.167. The summed E-state index contributed by atoms with van der Waals surface area (Å²) in [4.78, 5) is 21.9. The maximum absolute atomic E-state index is 11.1. The molecule has 94 valence electrons. The van der Waals surface area contributed by atoms with E-state index in [9.17, 15) is 9.59 Å². The van der Waals surface area contributed by atoms with E-state index in [2.05, 4.69) is 0 Å². The van der Waals surface area contributed by atoms with Crippen molar-refractivity contribution in [2.75, 3.05) is 7.11 Å². The maximum Gasteiger partial charge on any atom is 0.352 e. The van der Waals surface area contributed by atoms with Crippen LogP contribution in [0.25, 0.3) is 10.9 Å². The first kappa shape index (κ1) is 12.0. The van der Waals surface area contributed by atoms with Gasteiger partial charge in [0.25, 0.3) is 0 Å². The van der Waals surface area contributed by atoms with E-state index in [0.717, 1.165) is 0 Å². The molecule has 0 aliphatic carbocycles. The molecule has 0 radical (unpaired) electrons. The number of nitrogens with zero attached hydrogens (tertiary/aromatic N) is 1. The van der Waals surface area contributed by atoms with E-state index in [1.54, 1.807) is 18.2 Å². The van der Waals surface area contributed by atoms with Crippen molar-refractivity contribution < 1.29 is 24.5 Å². The highest BCUT2D eigenvalue weighted by atomic mass is 16.5. The van der Waals surface area contributed by atoms with E-state index in [0.29, 0.717) is 16.7 Å². The molecule has 1 aromatic heterocycles. The highest BCUT2D eigenvalue weighted by Crippen LogP contribution is 2.24. The third kappa shape index (κ3) is 2.00. The van der Waals surface area contributed by atoms with E-state index in [-0.39, 0.29) is 5.69 Å². The van der Waals surface area contributed by atoms with Gasteiger partial charge in [-0.15, -0.1) is 0 Å². The van der Waals surface area contributed by atoms with Crippen molar-refractivity contribution in [3.05, 3.63) is 30.0 Å². The van der Waals surface area contributed by atoms with Gasteiger partial charge in [0.1, 0.15) is 18.0 Å². The van der Waals surface area contributed by atoms with Crippen molar-refractivity contribution in [1.82, 2.24) is 4.57 Å². The van der Waals surface area contributed by atoms with E-state index in [4.69, 9.17) is 14.9 Å². The SMILES string of the molecule is COc1ccc2c(c1)cc(C(=O)O)n2CC(=O)O. The highest BCUT2D eigenvalue weighted by molar-refractivity contribution is 5.95. The lowest BCUT2D eigenvalue weighted by Gasteiger charge is -2.05. The molecule has 0 atom stereocenters. The summed E-state index contributed by atoms with van der Waals surface area (Å²) in [5.74, 6) is -1.66. The van der Waals surface area contributed by atoms with Gasteiger partial charge in [-0.05, 0) is 24.3 Å². The minimum Gasteiger partial charge on any atom is -0.497 e. The van der Waals surface area contributed by atoms with Gasteiger partial charge in [-0.1, -0.05) is 0 Å². The Kier molecular flexibility index (Phi) is 2.93. The Morgan fingerprint density at radius 2 is 2.00 bits per heavy atom. The number of carbonyl (C=O) groups is 2. The molecule has 1 aromatic carbocycles. The Hall–Kier alpha value is -2.50. The summed E-state index contributed by atoms with van der Waals surface area (Å²) in [5.41, 5.74) is 0.497. The molecule has 6 nitrogen and oxygen atoms in total. The summed E-state index contributed by atoms with van der Waals surface area (Å²) < 4.78 is 6.29. The Balaban J connectivity index is 2.67. The largest absolute Gasteiger partial charge is 0.497 e. The first-order chi connectivity index (χ1) is 8.52. The van der Waals surface area contributed by atoms with Gasteiger partial charge < -0.3 is 19.5 Å². The van der Waals surface area contributed by atoms with Crippen LogP contribution in [0.2, 0.25) is 0 Å². The second-order valence-electron chi connectivity index (χ2n) is 3.74. The number of benzene rings is 1. The first-order valence-corrected chi connectivity index (χ1v) is 5.15. The van der Waals surface area contributed by atoms with Crippen LogP contribution >= 0.6 is 0 Å². The van der Waals surface area contributed by atoms with Crippen LogP contribution in [0.5, 0.6) is 5.75 Å².